The van der Waals surface area contributed by atoms with Gasteiger partial charge in [0.1, 0.15) is 5.82 Å². The molecule has 2 rings (SSSR count). The van der Waals surface area contributed by atoms with Crippen molar-refractivity contribution in [2.45, 2.75) is 32.2 Å². The first kappa shape index (κ1) is 16.2. The summed E-state index contributed by atoms with van der Waals surface area (Å²) in [6.45, 7) is 2.11. The van der Waals surface area contributed by atoms with Crippen LogP contribution < -0.4 is 5.32 Å². The summed E-state index contributed by atoms with van der Waals surface area (Å²) >= 11 is 3.40. The lowest BCUT2D eigenvalue weighted by Gasteiger charge is -2.17. The van der Waals surface area contributed by atoms with E-state index >= 15 is 0 Å². The molecule has 0 heterocycles. The van der Waals surface area contributed by atoms with Crippen molar-refractivity contribution in [3.8, 4) is 0 Å². The topological polar surface area (TPSA) is 12.0 Å². The minimum atomic E-state index is -0.131. The highest BCUT2D eigenvalue weighted by molar-refractivity contribution is 9.10. The second kappa shape index (κ2) is 7.71. The Kier molecular flexibility index (Phi) is 5.95. The zero-order valence-electron chi connectivity index (χ0n) is 12.5. The van der Waals surface area contributed by atoms with Crippen LogP contribution in [0.3, 0.4) is 0 Å². The van der Waals surface area contributed by atoms with Gasteiger partial charge in [0.2, 0.25) is 0 Å². The van der Waals surface area contributed by atoms with Crippen molar-refractivity contribution in [2.75, 3.05) is 7.05 Å². The molecule has 1 N–H and O–H groups in total. The van der Waals surface area contributed by atoms with Crippen LogP contribution in [0.2, 0.25) is 0 Å². The van der Waals surface area contributed by atoms with E-state index in [-0.39, 0.29) is 11.9 Å². The maximum Gasteiger partial charge on any atom is 0.126 e. The number of hydrogen-bond acceptors (Lipinski definition) is 1. The molecule has 1 unspecified atom stereocenters. The van der Waals surface area contributed by atoms with Gasteiger partial charge in [-0.2, -0.15) is 0 Å². The summed E-state index contributed by atoms with van der Waals surface area (Å²) < 4.78 is 14.8. The third-order valence-corrected chi connectivity index (χ3v) is 4.24. The van der Waals surface area contributed by atoms with Crippen LogP contribution in [0.1, 0.15) is 23.1 Å². The van der Waals surface area contributed by atoms with Crippen LogP contribution in [0.15, 0.2) is 46.9 Å². The van der Waals surface area contributed by atoms with E-state index < -0.39 is 0 Å². The first-order valence-electron chi connectivity index (χ1n) is 7.25. The zero-order chi connectivity index (χ0) is 15.2. The number of rotatable bonds is 6. The van der Waals surface area contributed by atoms with Crippen molar-refractivity contribution in [2.24, 2.45) is 0 Å². The molecule has 0 radical (unpaired) electrons. The average molecular weight is 350 g/mol. The lowest BCUT2D eigenvalue weighted by molar-refractivity contribution is 0.504. The number of likely N-dealkylation sites (N-methyl/N-ethyl adjacent to an activating group) is 1. The van der Waals surface area contributed by atoms with Crippen LogP contribution >= 0.6 is 15.9 Å². The number of nitrogens with one attached hydrogen (secondary N) is 1. The van der Waals surface area contributed by atoms with E-state index in [1.54, 1.807) is 6.07 Å². The summed E-state index contributed by atoms with van der Waals surface area (Å²) in [5, 5.41) is 3.30. The van der Waals surface area contributed by atoms with Gasteiger partial charge in [-0.1, -0.05) is 45.8 Å². The highest BCUT2D eigenvalue weighted by Gasteiger charge is 2.11. The summed E-state index contributed by atoms with van der Waals surface area (Å²) in [6, 6.07) is 14.0. The van der Waals surface area contributed by atoms with E-state index in [4.69, 9.17) is 0 Å². The second-order valence-corrected chi connectivity index (χ2v) is 6.37. The summed E-state index contributed by atoms with van der Waals surface area (Å²) in [4.78, 5) is 0. The molecule has 3 heteroatoms. The van der Waals surface area contributed by atoms with Gasteiger partial charge in [0.05, 0.1) is 0 Å². The molecule has 0 aliphatic carbocycles. The molecule has 0 aliphatic heterocycles. The van der Waals surface area contributed by atoms with E-state index in [0.29, 0.717) is 6.42 Å². The van der Waals surface area contributed by atoms with Gasteiger partial charge in [0, 0.05) is 10.5 Å². The minimum absolute atomic E-state index is 0.131. The van der Waals surface area contributed by atoms with E-state index in [1.165, 1.54) is 17.2 Å². The average Bonchev–Trinajstić information content (AvgIpc) is 2.47. The molecule has 0 amide bonds. The van der Waals surface area contributed by atoms with Crippen LogP contribution in [-0.2, 0) is 12.8 Å². The van der Waals surface area contributed by atoms with Crippen molar-refractivity contribution < 1.29 is 4.39 Å². The fourth-order valence-corrected chi connectivity index (χ4v) is 2.93. The van der Waals surface area contributed by atoms with Crippen molar-refractivity contribution in [1.82, 2.24) is 5.32 Å². The second-order valence-electron chi connectivity index (χ2n) is 5.45. The molecule has 0 saturated heterocycles. The standard InChI is InChI=1S/C18H21BrFN/c1-13-4-3-5-14(10-13)6-8-17(21-2)12-15-11-16(19)7-9-18(15)20/h3-5,7,9-11,17,21H,6,8,12H2,1-2H3. The van der Waals surface area contributed by atoms with Gasteiger partial charge in [-0.25, -0.2) is 4.39 Å². The Balaban J connectivity index is 1.98. The highest BCUT2D eigenvalue weighted by atomic mass is 79.9. The quantitative estimate of drug-likeness (QED) is 0.799. The maximum atomic E-state index is 13.8. The highest BCUT2D eigenvalue weighted by Crippen LogP contribution is 2.18. The summed E-state index contributed by atoms with van der Waals surface area (Å²) in [5.41, 5.74) is 3.38. The van der Waals surface area contributed by atoms with Crippen LogP contribution in [0, 0.1) is 12.7 Å². The molecular formula is C18H21BrFN. The Morgan fingerprint density at radius 1 is 1.19 bits per heavy atom. The number of halogens is 2. The van der Waals surface area contributed by atoms with Crippen molar-refractivity contribution in [3.05, 3.63) is 69.4 Å². The summed E-state index contributed by atoms with van der Waals surface area (Å²) in [6.07, 6.45) is 2.70. The number of hydrogen-bond donors (Lipinski definition) is 1. The fourth-order valence-electron chi connectivity index (χ4n) is 2.52. The van der Waals surface area contributed by atoms with Crippen molar-refractivity contribution >= 4 is 15.9 Å². The van der Waals surface area contributed by atoms with Crippen LogP contribution in [0.4, 0.5) is 4.39 Å². The first-order valence-corrected chi connectivity index (χ1v) is 8.04. The minimum Gasteiger partial charge on any atom is -0.317 e. The van der Waals surface area contributed by atoms with E-state index in [1.807, 2.05) is 13.1 Å². The normalized spacial score (nSPS) is 12.4. The molecule has 2 aromatic carbocycles. The van der Waals surface area contributed by atoms with Crippen LogP contribution in [-0.4, -0.2) is 13.1 Å². The molecule has 1 atom stereocenters. The molecule has 0 aromatic heterocycles. The molecule has 112 valence electrons. The van der Waals surface area contributed by atoms with Crippen molar-refractivity contribution in [1.29, 1.82) is 0 Å². The van der Waals surface area contributed by atoms with E-state index in [0.717, 1.165) is 22.9 Å². The largest absolute Gasteiger partial charge is 0.317 e. The SMILES string of the molecule is CNC(CCc1cccc(C)c1)Cc1cc(Br)ccc1F. The lowest BCUT2D eigenvalue weighted by atomic mass is 9.98. The molecule has 0 fully saturated rings. The third-order valence-electron chi connectivity index (χ3n) is 3.75. The Labute approximate surface area is 134 Å². The number of benzene rings is 2. The molecule has 2 aromatic rings. The molecular weight excluding hydrogens is 329 g/mol. The predicted molar refractivity (Wildman–Crippen MR) is 90.2 cm³/mol. The van der Waals surface area contributed by atoms with Gasteiger partial charge in [0.25, 0.3) is 0 Å². The molecule has 1 nitrogen and oxygen atoms in total. The van der Waals surface area contributed by atoms with E-state index in [9.17, 15) is 4.39 Å². The number of aryl methyl sites for hydroxylation is 2. The van der Waals surface area contributed by atoms with Crippen LogP contribution in [0.5, 0.6) is 0 Å². The molecule has 0 aliphatic rings. The smallest absolute Gasteiger partial charge is 0.126 e. The van der Waals surface area contributed by atoms with Crippen molar-refractivity contribution in [3.63, 3.8) is 0 Å². The Bertz CT molecular complexity index is 598. The Morgan fingerprint density at radius 2 is 2.00 bits per heavy atom. The van der Waals surface area contributed by atoms with Gasteiger partial charge in [0.15, 0.2) is 0 Å². The maximum absolute atomic E-state index is 13.8. The summed E-state index contributed by atoms with van der Waals surface area (Å²) in [5.74, 6) is -0.131. The van der Waals surface area contributed by atoms with Crippen LogP contribution in [0.25, 0.3) is 0 Å². The molecule has 21 heavy (non-hydrogen) atoms. The third kappa shape index (κ3) is 4.94. The van der Waals surface area contributed by atoms with Gasteiger partial charge in [-0.3, -0.25) is 0 Å². The van der Waals surface area contributed by atoms with Gasteiger partial charge < -0.3 is 5.32 Å². The fraction of sp³-hybridized carbons (Fsp3) is 0.333. The lowest BCUT2D eigenvalue weighted by Crippen LogP contribution is -2.28. The Morgan fingerprint density at radius 3 is 2.71 bits per heavy atom. The summed E-state index contributed by atoms with van der Waals surface area (Å²) in [7, 11) is 1.94. The predicted octanol–water partition coefficient (Wildman–Crippen LogP) is 4.66. The van der Waals surface area contributed by atoms with E-state index in [2.05, 4.69) is 52.4 Å². The Hall–Kier alpha value is -1.19. The van der Waals surface area contributed by atoms with Gasteiger partial charge in [-0.05, 0) is 62.6 Å². The van der Waals surface area contributed by atoms with Gasteiger partial charge in [-0.15, -0.1) is 0 Å². The molecule has 0 spiro atoms. The molecule has 0 saturated carbocycles. The molecule has 0 bridgehead atoms. The zero-order valence-corrected chi connectivity index (χ0v) is 14.1. The monoisotopic (exact) mass is 349 g/mol. The van der Waals surface area contributed by atoms with Gasteiger partial charge >= 0.3 is 0 Å². The first-order chi connectivity index (χ1) is 10.1.